The number of esters is 1. The number of piperidine rings is 1. The summed E-state index contributed by atoms with van der Waals surface area (Å²) in [5, 5.41) is 11.8. The van der Waals surface area contributed by atoms with Gasteiger partial charge in [0.15, 0.2) is 0 Å². The fourth-order valence-corrected chi connectivity index (χ4v) is 2.62. The lowest BCUT2D eigenvalue weighted by Gasteiger charge is -2.37. The third kappa shape index (κ3) is 5.65. The normalized spacial score (nSPS) is 20.2. The molecule has 8 nitrogen and oxygen atoms in total. The second-order valence-corrected chi connectivity index (χ2v) is 7.08. The maximum atomic E-state index is 12.3. The van der Waals surface area contributed by atoms with Crippen LogP contribution < -0.4 is 5.32 Å². The lowest BCUT2D eigenvalue weighted by Crippen LogP contribution is -2.57. The first-order chi connectivity index (χ1) is 12.2. The summed E-state index contributed by atoms with van der Waals surface area (Å²) < 4.78 is 10.7. The highest BCUT2D eigenvalue weighted by Crippen LogP contribution is 2.18. The molecule has 1 aliphatic rings. The number of benzene rings is 1. The first-order valence-corrected chi connectivity index (χ1v) is 8.39. The van der Waals surface area contributed by atoms with Crippen LogP contribution in [0.2, 0.25) is 0 Å². The fourth-order valence-electron chi connectivity index (χ4n) is 2.62. The highest BCUT2D eigenvalue weighted by Gasteiger charge is 2.36. The van der Waals surface area contributed by atoms with Crippen molar-refractivity contribution in [2.24, 2.45) is 0 Å². The summed E-state index contributed by atoms with van der Waals surface area (Å²) in [6.07, 6.45) is -2.14. The molecule has 1 heterocycles. The van der Waals surface area contributed by atoms with Crippen molar-refractivity contribution in [3.05, 3.63) is 35.9 Å². The third-order valence-corrected chi connectivity index (χ3v) is 3.79. The molecule has 1 saturated heterocycles. The number of carbonyl (C=O) groups is 3. The van der Waals surface area contributed by atoms with Gasteiger partial charge in [0.25, 0.3) is 0 Å². The first kappa shape index (κ1) is 19.6. The van der Waals surface area contributed by atoms with Crippen molar-refractivity contribution in [3.63, 3.8) is 0 Å². The fraction of sp³-hybridized carbons (Fsp3) is 0.500. The maximum Gasteiger partial charge on any atom is 0.408 e. The molecule has 1 aliphatic heterocycles. The van der Waals surface area contributed by atoms with E-state index >= 15 is 0 Å². The van der Waals surface area contributed by atoms with E-state index in [1.165, 1.54) is 4.90 Å². The zero-order valence-electron chi connectivity index (χ0n) is 15.1. The molecule has 26 heavy (non-hydrogen) atoms. The molecule has 0 saturated carbocycles. The van der Waals surface area contributed by atoms with Crippen molar-refractivity contribution in [3.8, 4) is 0 Å². The number of hydrogen-bond acceptors (Lipinski definition) is 5. The summed E-state index contributed by atoms with van der Waals surface area (Å²) in [5.41, 5.74) is -0.300. The van der Waals surface area contributed by atoms with E-state index in [4.69, 9.17) is 9.47 Å². The Balaban J connectivity index is 2.07. The van der Waals surface area contributed by atoms with E-state index < -0.39 is 35.9 Å². The Bertz CT molecular complexity index is 655. The number of hydrogen-bond donors (Lipinski definition) is 2. The Morgan fingerprint density at radius 1 is 1.19 bits per heavy atom. The van der Waals surface area contributed by atoms with Crippen LogP contribution in [0.5, 0.6) is 0 Å². The van der Waals surface area contributed by atoms with Crippen molar-refractivity contribution in [1.82, 2.24) is 10.2 Å². The molecule has 0 aromatic heterocycles. The third-order valence-electron chi connectivity index (χ3n) is 3.79. The van der Waals surface area contributed by atoms with Gasteiger partial charge in [0.05, 0.1) is 11.6 Å². The Kier molecular flexibility index (Phi) is 6.07. The molecule has 2 N–H and O–H groups in total. The predicted molar refractivity (Wildman–Crippen MR) is 93.0 cm³/mol. The average Bonchev–Trinajstić information content (AvgIpc) is 2.55. The van der Waals surface area contributed by atoms with Crippen molar-refractivity contribution in [1.29, 1.82) is 0 Å². The molecular weight excluding hydrogens is 340 g/mol. The van der Waals surface area contributed by atoms with Crippen LogP contribution in [0.15, 0.2) is 30.3 Å². The van der Waals surface area contributed by atoms with Gasteiger partial charge in [-0.05, 0) is 32.9 Å². The minimum absolute atomic E-state index is 0.0152. The number of amides is 2. The number of alkyl carbamates (subject to hydrolysis) is 1. The minimum Gasteiger partial charge on any atom is -0.465 e. The summed E-state index contributed by atoms with van der Waals surface area (Å²) in [6.45, 7) is 5.41. The largest absolute Gasteiger partial charge is 0.465 e. The molecule has 1 aromatic carbocycles. The van der Waals surface area contributed by atoms with Crippen LogP contribution in [0.3, 0.4) is 0 Å². The van der Waals surface area contributed by atoms with Crippen LogP contribution in [-0.4, -0.2) is 59.0 Å². The Hall–Kier alpha value is -2.77. The van der Waals surface area contributed by atoms with Crippen LogP contribution in [-0.2, 0) is 9.47 Å². The average molecular weight is 364 g/mol. The Morgan fingerprint density at radius 3 is 2.42 bits per heavy atom. The molecule has 2 atom stereocenters. The monoisotopic (exact) mass is 364 g/mol. The molecule has 142 valence electrons. The van der Waals surface area contributed by atoms with Crippen molar-refractivity contribution >= 4 is 18.2 Å². The number of carbonyl (C=O) groups excluding carboxylic acids is 2. The van der Waals surface area contributed by atoms with Crippen LogP contribution in [0.4, 0.5) is 9.59 Å². The van der Waals surface area contributed by atoms with E-state index in [0.29, 0.717) is 5.56 Å². The number of ether oxygens (including phenoxy) is 2. The van der Waals surface area contributed by atoms with Crippen molar-refractivity contribution in [2.45, 2.75) is 44.9 Å². The summed E-state index contributed by atoms with van der Waals surface area (Å²) in [6, 6.07) is 7.80. The number of likely N-dealkylation sites (tertiary alicyclic amines) is 1. The summed E-state index contributed by atoms with van der Waals surface area (Å²) >= 11 is 0. The van der Waals surface area contributed by atoms with Crippen LogP contribution >= 0.6 is 0 Å². The van der Waals surface area contributed by atoms with Gasteiger partial charge in [-0.1, -0.05) is 18.2 Å². The molecule has 2 amide bonds. The van der Waals surface area contributed by atoms with Gasteiger partial charge in [0.2, 0.25) is 0 Å². The quantitative estimate of drug-likeness (QED) is 0.799. The van der Waals surface area contributed by atoms with E-state index in [0.717, 1.165) is 0 Å². The predicted octanol–water partition coefficient (Wildman–Crippen LogP) is 2.49. The number of carboxylic acid groups (broad SMARTS) is 1. The van der Waals surface area contributed by atoms with E-state index in [2.05, 4.69) is 5.32 Å². The highest BCUT2D eigenvalue weighted by atomic mass is 16.6. The summed E-state index contributed by atoms with van der Waals surface area (Å²) in [5.74, 6) is -0.518. The molecule has 0 bridgehead atoms. The van der Waals surface area contributed by atoms with E-state index in [-0.39, 0.29) is 19.5 Å². The van der Waals surface area contributed by atoms with Gasteiger partial charge in [-0.15, -0.1) is 0 Å². The van der Waals surface area contributed by atoms with E-state index in [1.54, 1.807) is 51.1 Å². The topological polar surface area (TPSA) is 105 Å². The molecule has 1 fully saturated rings. The molecule has 2 rings (SSSR count). The van der Waals surface area contributed by atoms with Gasteiger partial charge in [0, 0.05) is 19.5 Å². The standard InChI is InChI=1S/C18H24N2O6/c1-18(2,3)26-16(22)19-13-11-20(17(23)24)10-9-14(13)25-15(21)12-7-5-4-6-8-12/h4-8,13-14H,9-11H2,1-3H3,(H,19,22)(H,23,24). The smallest absolute Gasteiger partial charge is 0.408 e. The zero-order valence-corrected chi connectivity index (χ0v) is 15.1. The number of nitrogens with zero attached hydrogens (tertiary/aromatic N) is 1. The van der Waals surface area contributed by atoms with Gasteiger partial charge in [0.1, 0.15) is 11.7 Å². The van der Waals surface area contributed by atoms with Crippen LogP contribution in [0, 0.1) is 0 Å². The van der Waals surface area contributed by atoms with E-state index in [1.807, 2.05) is 0 Å². The SMILES string of the molecule is CC(C)(C)OC(=O)NC1CN(C(=O)O)CCC1OC(=O)c1ccccc1. The molecule has 0 spiro atoms. The van der Waals surface area contributed by atoms with Crippen molar-refractivity contribution < 1.29 is 29.0 Å². The van der Waals surface area contributed by atoms with E-state index in [9.17, 15) is 19.5 Å². The Labute approximate surface area is 152 Å². The van der Waals surface area contributed by atoms with Gasteiger partial charge in [-0.3, -0.25) is 0 Å². The lowest BCUT2D eigenvalue weighted by atomic mass is 10.0. The molecule has 2 unspecified atom stereocenters. The lowest BCUT2D eigenvalue weighted by molar-refractivity contribution is -0.00614. The van der Waals surface area contributed by atoms with Gasteiger partial charge < -0.3 is 24.8 Å². The molecule has 1 aromatic rings. The molecule has 8 heteroatoms. The molecular formula is C18H24N2O6. The Morgan fingerprint density at radius 2 is 1.85 bits per heavy atom. The molecule has 0 aliphatic carbocycles. The second-order valence-electron chi connectivity index (χ2n) is 7.08. The zero-order chi connectivity index (χ0) is 19.3. The maximum absolute atomic E-state index is 12.3. The first-order valence-electron chi connectivity index (χ1n) is 8.39. The number of nitrogens with one attached hydrogen (secondary N) is 1. The second kappa shape index (κ2) is 8.07. The van der Waals surface area contributed by atoms with Crippen LogP contribution in [0.25, 0.3) is 0 Å². The minimum atomic E-state index is -1.09. The van der Waals surface area contributed by atoms with Gasteiger partial charge in [-0.2, -0.15) is 0 Å². The summed E-state index contributed by atoms with van der Waals surface area (Å²) in [7, 11) is 0. The van der Waals surface area contributed by atoms with Crippen LogP contribution in [0.1, 0.15) is 37.6 Å². The number of rotatable bonds is 3. The molecule has 0 radical (unpaired) electrons. The van der Waals surface area contributed by atoms with Crippen molar-refractivity contribution in [2.75, 3.05) is 13.1 Å². The van der Waals surface area contributed by atoms with Gasteiger partial charge in [-0.25, -0.2) is 14.4 Å². The summed E-state index contributed by atoms with van der Waals surface area (Å²) in [4.78, 5) is 36.8. The van der Waals surface area contributed by atoms with Gasteiger partial charge >= 0.3 is 18.2 Å². The highest BCUT2D eigenvalue weighted by molar-refractivity contribution is 5.89.